The summed E-state index contributed by atoms with van der Waals surface area (Å²) < 4.78 is 70.4. The fraction of sp³-hybridized carbons (Fsp3) is 0.188. The number of halogens is 3. The van der Waals surface area contributed by atoms with E-state index in [4.69, 9.17) is 15.1 Å². The monoisotopic (exact) mass is 384 g/mol. The van der Waals surface area contributed by atoms with Gasteiger partial charge in [0.25, 0.3) is 0 Å². The molecule has 0 bridgehead atoms. The van der Waals surface area contributed by atoms with Crippen LogP contribution in [0.15, 0.2) is 35.2 Å². The number of primary sulfonamides is 1. The van der Waals surface area contributed by atoms with Crippen LogP contribution in [0.25, 0.3) is 0 Å². The molecular weight excluding hydrogens is 373 g/mol. The lowest BCUT2D eigenvalue weighted by atomic mass is 10.1. The van der Waals surface area contributed by atoms with Crippen LogP contribution in [-0.4, -0.2) is 19.7 Å². The molecule has 1 aliphatic carbocycles. The molecule has 26 heavy (non-hydrogen) atoms. The second-order valence-corrected chi connectivity index (χ2v) is 7.14. The summed E-state index contributed by atoms with van der Waals surface area (Å²) in [6.07, 6.45) is -6.85. The number of aliphatic hydroxyl groups excluding tert-OH is 1. The van der Waals surface area contributed by atoms with E-state index in [9.17, 15) is 26.7 Å². The summed E-state index contributed by atoms with van der Waals surface area (Å²) in [6.45, 7) is 0. The summed E-state index contributed by atoms with van der Waals surface area (Å²) in [7, 11) is -4.37. The Morgan fingerprint density at radius 2 is 1.88 bits per heavy atom. The van der Waals surface area contributed by atoms with Gasteiger partial charge in [-0.15, -0.1) is 0 Å². The molecule has 0 radical (unpaired) electrons. The van der Waals surface area contributed by atoms with Crippen molar-refractivity contribution in [2.45, 2.75) is 23.3 Å². The Labute approximate surface area is 146 Å². The van der Waals surface area contributed by atoms with Crippen LogP contribution < -0.4 is 9.88 Å². The first-order chi connectivity index (χ1) is 12.1. The maximum atomic E-state index is 14.3. The number of hydrogen-bond donors (Lipinski definition) is 2. The van der Waals surface area contributed by atoms with E-state index in [0.717, 1.165) is 30.3 Å². The third-order valence-electron chi connectivity index (χ3n) is 3.89. The summed E-state index contributed by atoms with van der Waals surface area (Å²) in [4.78, 5) is -0.632. The highest BCUT2D eigenvalue weighted by molar-refractivity contribution is 7.89. The summed E-state index contributed by atoms with van der Waals surface area (Å²) in [5.41, 5.74) is -1.14. The molecule has 3 rings (SSSR count). The van der Waals surface area contributed by atoms with Crippen LogP contribution in [0.1, 0.15) is 29.0 Å². The highest BCUT2D eigenvalue weighted by Gasteiger charge is 2.46. The first-order valence-corrected chi connectivity index (χ1v) is 8.72. The number of sulfonamides is 1. The molecule has 0 aromatic heterocycles. The molecule has 0 saturated carbocycles. The van der Waals surface area contributed by atoms with E-state index in [1.54, 1.807) is 6.07 Å². The van der Waals surface area contributed by atoms with Gasteiger partial charge in [-0.05, 0) is 24.3 Å². The minimum atomic E-state index is -4.37. The summed E-state index contributed by atoms with van der Waals surface area (Å²) in [5.74, 6) is -1.30. The van der Waals surface area contributed by atoms with Crippen molar-refractivity contribution in [3.05, 3.63) is 52.8 Å². The highest BCUT2D eigenvalue weighted by atomic mass is 32.2. The van der Waals surface area contributed by atoms with Crippen LogP contribution >= 0.6 is 0 Å². The number of nitrogens with two attached hydrogens (primary N) is 1. The molecule has 3 N–H and O–H groups in total. The Balaban J connectivity index is 2.17. The molecule has 0 fully saturated rings. The van der Waals surface area contributed by atoms with Crippen LogP contribution in [0.4, 0.5) is 13.2 Å². The number of benzene rings is 2. The number of alkyl halides is 2. The van der Waals surface area contributed by atoms with E-state index < -0.39 is 50.3 Å². The maximum Gasteiger partial charge on any atom is 0.238 e. The zero-order valence-corrected chi connectivity index (χ0v) is 13.7. The minimum absolute atomic E-state index is 0.0713. The van der Waals surface area contributed by atoms with Crippen molar-refractivity contribution >= 4 is 10.0 Å². The lowest BCUT2D eigenvalue weighted by molar-refractivity contribution is 0.0454. The van der Waals surface area contributed by atoms with Crippen molar-refractivity contribution in [2.75, 3.05) is 0 Å². The van der Waals surface area contributed by atoms with Gasteiger partial charge in [-0.3, -0.25) is 0 Å². The molecular formula is C16H11F3N2O4S. The lowest BCUT2D eigenvalue weighted by Crippen LogP contribution is -2.17. The molecule has 0 spiro atoms. The molecule has 1 aliphatic rings. The minimum Gasteiger partial charge on any atom is -0.457 e. The van der Waals surface area contributed by atoms with E-state index >= 15 is 0 Å². The standard InChI is InChI=1S/C16H11F3N2O4S/c17-8-3-7(6-20)4-9(5-8)25-10-1-2-11(26(21,23)24)13-12(10)14(18)15(19)16(13)22/h1-5,14-16,22H,(H2,21,23,24)/t14?,15-,16+/m1/s1. The molecule has 136 valence electrons. The van der Waals surface area contributed by atoms with E-state index in [2.05, 4.69) is 0 Å². The van der Waals surface area contributed by atoms with Gasteiger partial charge in [-0.1, -0.05) is 0 Å². The van der Waals surface area contributed by atoms with Gasteiger partial charge >= 0.3 is 0 Å². The molecule has 3 atom stereocenters. The number of aliphatic hydroxyl groups is 1. The SMILES string of the molecule is N#Cc1cc(F)cc(Oc2ccc(S(N)(=O)=O)c3c2C(F)[C@@H](F)[C@H]3O)c1. The van der Waals surface area contributed by atoms with Crippen molar-refractivity contribution in [3.8, 4) is 17.6 Å². The topological polar surface area (TPSA) is 113 Å². The largest absolute Gasteiger partial charge is 0.457 e. The molecule has 0 heterocycles. The Bertz CT molecular complexity index is 1040. The zero-order chi connectivity index (χ0) is 19.2. The highest BCUT2D eigenvalue weighted by Crippen LogP contribution is 2.50. The summed E-state index contributed by atoms with van der Waals surface area (Å²) in [5, 5.41) is 23.8. The third kappa shape index (κ3) is 3.01. The first kappa shape index (κ1) is 18.2. The average Bonchev–Trinajstić information content (AvgIpc) is 2.79. The van der Waals surface area contributed by atoms with Crippen LogP contribution in [0, 0.1) is 17.1 Å². The van der Waals surface area contributed by atoms with E-state index in [0.29, 0.717) is 0 Å². The van der Waals surface area contributed by atoms with Gasteiger partial charge in [0.05, 0.1) is 16.5 Å². The molecule has 0 aliphatic heterocycles. The average molecular weight is 384 g/mol. The molecule has 0 saturated heterocycles. The number of fused-ring (bicyclic) bond motifs is 1. The van der Waals surface area contributed by atoms with Crippen LogP contribution in [0.5, 0.6) is 11.5 Å². The predicted octanol–water partition coefficient (Wildman–Crippen LogP) is 2.53. The van der Waals surface area contributed by atoms with Gasteiger partial charge in [0.1, 0.15) is 23.4 Å². The quantitative estimate of drug-likeness (QED) is 0.844. The van der Waals surface area contributed by atoms with E-state index in [1.807, 2.05) is 0 Å². The Hall–Kier alpha value is -2.61. The fourth-order valence-electron chi connectivity index (χ4n) is 2.81. The Kier molecular flexibility index (Phi) is 4.39. The molecule has 0 amide bonds. The van der Waals surface area contributed by atoms with Gasteiger partial charge in [0, 0.05) is 17.2 Å². The molecule has 2 aromatic rings. The smallest absolute Gasteiger partial charge is 0.238 e. The number of nitrogens with zero attached hydrogens (tertiary/aromatic N) is 1. The van der Waals surface area contributed by atoms with Crippen LogP contribution in [-0.2, 0) is 10.0 Å². The first-order valence-electron chi connectivity index (χ1n) is 7.18. The van der Waals surface area contributed by atoms with Gasteiger partial charge in [-0.25, -0.2) is 26.7 Å². The lowest BCUT2D eigenvalue weighted by Gasteiger charge is -2.14. The Morgan fingerprint density at radius 3 is 2.50 bits per heavy atom. The van der Waals surface area contributed by atoms with Crippen LogP contribution in [0.3, 0.4) is 0 Å². The second-order valence-electron chi connectivity index (χ2n) is 5.61. The van der Waals surface area contributed by atoms with Gasteiger partial charge in [0.15, 0.2) is 12.3 Å². The van der Waals surface area contributed by atoms with Crippen LogP contribution in [0.2, 0.25) is 0 Å². The molecule has 6 nitrogen and oxygen atoms in total. The maximum absolute atomic E-state index is 14.3. The zero-order valence-electron chi connectivity index (χ0n) is 12.9. The Morgan fingerprint density at radius 1 is 1.19 bits per heavy atom. The van der Waals surface area contributed by atoms with E-state index in [1.165, 1.54) is 0 Å². The van der Waals surface area contributed by atoms with Crippen molar-refractivity contribution in [1.29, 1.82) is 5.26 Å². The number of nitriles is 1. The molecule has 2 aromatic carbocycles. The van der Waals surface area contributed by atoms with Crippen molar-refractivity contribution in [3.63, 3.8) is 0 Å². The second kappa shape index (κ2) is 6.28. The van der Waals surface area contributed by atoms with Gasteiger partial charge in [0.2, 0.25) is 10.0 Å². The third-order valence-corrected chi connectivity index (χ3v) is 4.86. The normalized spacial score (nSPS) is 21.9. The van der Waals surface area contributed by atoms with Gasteiger partial charge < -0.3 is 9.84 Å². The number of hydrogen-bond acceptors (Lipinski definition) is 5. The molecule has 1 unspecified atom stereocenters. The van der Waals surface area contributed by atoms with Crippen molar-refractivity contribution in [1.82, 2.24) is 0 Å². The van der Waals surface area contributed by atoms with Gasteiger partial charge in [-0.2, -0.15) is 5.26 Å². The fourth-order valence-corrected chi connectivity index (χ4v) is 3.61. The van der Waals surface area contributed by atoms with Crippen molar-refractivity contribution in [2.24, 2.45) is 5.14 Å². The predicted molar refractivity (Wildman–Crippen MR) is 82.7 cm³/mol. The van der Waals surface area contributed by atoms with Crippen molar-refractivity contribution < 1.29 is 31.4 Å². The van der Waals surface area contributed by atoms with E-state index in [-0.39, 0.29) is 17.1 Å². The number of rotatable bonds is 3. The summed E-state index contributed by atoms with van der Waals surface area (Å²) >= 11 is 0. The molecule has 10 heteroatoms. The summed E-state index contributed by atoms with van der Waals surface area (Å²) in [6, 6.07) is 6.68. The number of ether oxygens (including phenoxy) is 1.